The van der Waals surface area contributed by atoms with E-state index < -0.39 is 0 Å². The average molecular weight is 246 g/mol. The number of amides is 1. The maximum Gasteiger partial charge on any atom is 0.297 e. The van der Waals surface area contributed by atoms with Crippen molar-refractivity contribution in [3.63, 3.8) is 0 Å². The fraction of sp³-hybridized carbons (Fsp3) is 0.167. The highest BCUT2D eigenvalue weighted by Crippen LogP contribution is 2.11. The normalized spacial score (nSPS) is 10.3. The standard InChI is InChI=1S/C12H14N4O2/c1-15(18-2)12(17)11-7-8-16(14-11)10-5-3-9(13)4-6-10/h3-8H,13H2,1-2H3. The second kappa shape index (κ2) is 4.89. The van der Waals surface area contributed by atoms with Crippen LogP contribution in [0, 0.1) is 0 Å². The quantitative estimate of drug-likeness (QED) is 0.650. The first kappa shape index (κ1) is 12.1. The van der Waals surface area contributed by atoms with Gasteiger partial charge < -0.3 is 5.73 Å². The molecule has 0 aliphatic carbocycles. The molecule has 18 heavy (non-hydrogen) atoms. The summed E-state index contributed by atoms with van der Waals surface area (Å²) in [6.07, 6.45) is 1.71. The van der Waals surface area contributed by atoms with Gasteiger partial charge in [0.05, 0.1) is 12.8 Å². The van der Waals surface area contributed by atoms with Gasteiger partial charge in [0.25, 0.3) is 5.91 Å². The number of rotatable bonds is 3. The van der Waals surface area contributed by atoms with Crippen LogP contribution in [0.2, 0.25) is 0 Å². The largest absolute Gasteiger partial charge is 0.399 e. The second-order valence-corrected chi connectivity index (χ2v) is 3.72. The highest BCUT2D eigenvalue weighted by atomic mass is 16.7. The van der Waals surface area contributed by atoms with Crippen LogP contribution >= 0.6 is 0 Å². The number of anilines is 1. The fourth-order valence-electron chi connectivity index (χ4n) is 1.45. The minimum atomic E-state index is -0.299. The van der Waals surface area contributed by atoms with E-state index in [1.807, 2.05) is 12.1 Å². The van der Waals surface area contributed by atoms with Crippen LogP contribution < -0.4 is 5.73 Å². The molecule has 2 N–H and O–H groups in total. The lowest BCUT2D eigenvalue weighted by atomic mass is 10.3. The van der Waals surface area contributed by atoms with Crippen molar-refractivity contribution < 1.29 is 9.63 Å². The van der Waals surface area contributed by atoms with E-state index in [0.29, 0.717) is 11.4 Å². The van der Waals surface area contributed by atoms with E-state index in [9.17, 15) is 4.79 Å². The van der Waals surface area contributed by atoms with E-state index in [0.717, 1.165) is 10.8 Å². The molecular weight excluding hydrogens is 232 g/mol. The molecule has 0 spiro atoms. The summed E-state index contributed by atoms with van der Waals surface area (Å²) in [5.41, 5.74) is 7.44. The van der Waals surface area contributed by atoms with Gasteiger partial charge in [0.15, 0.2) is 5.69 Å². The average Bonchev–Trinajstić information content (AvgIpc) is 2.87. The zero-order valence-electron chi connectivity index (χ0n) is 10.2. The molecule has 0 aliphatic rings. The molecule has 1 heterocycles. The van der Waals surface area contributed by atoms with Gasteiger partial charge in [-0.3, -0.25) is 9.63 Å². The first-order valence-corrected chi connectivity index (χ1v) is 5.35. The molecule has 0 aliphatic heterocycles. The molecule has 0 fully saturated rings. The number of carbonyl (C=O) groups excluding carboxylic acids is 1. The maximum atomic E-state index is 11.8. The van der Waals surface area contributed by atoms with Crippen LogP contribution in [-0.4, -0.2) is 34.9 Å². The van der Waals surface area contributed by atoms with Crippen molar-refractivity contribution in [3.05, 3.63) is 42.2 Å². The summed E-state index contributed by atoms with van der Waals surface area (Å²) in [7, 11) is 2.96. The smallest absolute Gasteiger partial charge is 0.297 e. The molecule has 2 rings (SSSR count). The number of hydrogen-bond acceptors (Lipinski definition) is 4. The molecule has 0 saturated heterocycles. The number of benzene rings is 1. The number of nitrogens with zero attached hydrogens (tertiary/aromatic N) is 3. The molecule has 0 saturated carbocycles. The summed E-state index contributed by atoms with van der Waals surface area (Å²) >= 11 is 0. The Morgan fingerprint density at radius 3 is 2.61 bits per heavy atom. The number of nitrogen functional groups attached to an aromatic ring is 1. The summed E-state index contributed by atoms with van der Waals surface area (Å²) in [6.45, 7) is 0. The van der Waals surface area contributed by atoms with Gasteiger partial charge >= 0.3 is 0 Å². The van der Waals surface area contributed by atoms with Crippen LogP contribution in [0.3, 0.4) is 0 Å². The second-order valence-electron chi connectivity index (χ2n) is 3.72. The third-order valence-electron chi connectivity index (χ3n) is 2.53. The minimum absolute atomic E-state index is 0.299. The van der Waals surface area contributed by atoms with Crippen molar-refractivity contribution in [2.75, 3.05) is 19.9 Å². The predicted molar refractivity (Wildman–Crippen MR) is 67.1 cm³/mol. The molecule has 0 atom stereocenters. The minimum Gasteiger partial charge on any atom is -0.399 e. The first-order valence-electron chi connectivity index (χ1n) is 5.35. The van der Waals surface area contributed by atoms with Gasteiger partial charge in [-0.05, 0) is 30.3 Å². The Hall–Kier alpha value is -2.34. The van der Waals surface area contributed by atoms with Crippen molar-refractivity contribution in [2.45, 2.75) is 0 Å². The van der Waals surface area contributed by atoms with Gasteiger partial charge in [0.1, 0.15) is 0 Å². The molecule has 1 aromatic heterocycles. The first-order chi connectivity index (χ1) is 8.61. The van der Waals surface area contributed by atoms with Gasteiger partial charge in [-0.2, -0.15) is 5.10 Å². The number of carbonyl (C=O) groups is 1. The zero-order valence-corrected chi connectivity index (χ0v) is 10.2. The van der Waals surface area contributed by atoms with E-state index in [4.69, 9.17) is 10.6 Å². The fourth-order valence-corrected chi connectivity index (χ4v) is 1.45. The Labute approximate surface area is 105 Å². The summed E-state index contributed by atoms with van der Waals surface area (Å²) < 4.78 is 1.61. The lowest BCUT2D eigenvalue weighted by Gasteiger charge is -2.11. The van der Waals surface area contributed by atoms with Gasteiger partial charge in [-0.1, -0.05) is 0 Å². The third kappa shape index (κ3) is 2.33. The molecule has 0 bridgehead atoms. The third-order valence-corrected chi connectivity index (χ3v) is 2.53. The highest BCUT2D eigenvalue weighted by Gasteiger charge is 2.14. The maximum absolute atomic E-state index is 11.8. The molecule has 0 unspecified atom stereocenters. The van der Waals surface area contributed by atoms with Crippen LogP contribution in [0.1, 0.15) is 10.5 Å². The highest BCUT2D eigenvalue weighted by molar-refractivity contribution is 5.91. The van der Waals surface area contributed by atoms with Crippen molar-refractivity contribution in [2.24, 2.45) is 0 Å². The predicted octanol–water partition coefficient (Wildman–Crippen LogP) is 1.09. The molecule has 94 valence electrons. The monoisotopic (exact) mass is 246 g/mol. The summed E-state index contributed by atoms with van der Waals surface area (Å²) in [6, 6.07) is 8.85. The SMILES string of the molecule is CON(C)C(=O)c1ccn(-c2ccc(N)cc2)n1. The summed E-state index contributed by atoms with van der Waals surface area (Å²) in [5.74, 6) is -0.299. The molecular formula is C12H14N4O2. The van der Waals surface area contributed by atoms with Gasteiger partial charge in [-0.15, -0.1) is 0 Å². The summed E-state index contributed by atoms with van der Waals surface area (Å²) in [4.78, 5) is 16.6. The van der Waals surface area contributed by atoms with E-state index in [-0.39, 0.29) is 5.91 Å². The molecule has 1 amide bonds. The van der Waals surface area contributed by atoms with Crippen LogP contribution in [0.15, 0.2) is 36.5 Å². The lowest BCUT2D eigenvalue weighted by Crippen LogP contribution is -2.25. The number of aromatic nitrogens is 2. The van der Waals surface area contributed by atoms with Crippen LogP contribution in [-0.2, 0) is 4.84 Å². The number of nitrogens with two attached hydrogens (primary N) is 1. The van der Waals surface area contributed by atoms with E-state index in [1.165, 1.54) is 14.2 Å². The van der Waals surface area contributed by atoms with Gasteiger partial charge in [0, 0.05) is 18.9 Å². The van der Waals surface area contributed by atoms with Crippen LogP contribution in [0.4, 0.5) is 5.69 Å². The number of hydroxylamine groups is 2. The van der Waals surface area contributed by atoms with Gasteiger partial charge in [-0.25, -0.2) is 9.75 Å². The van der Waals surface area contributed by atoms with Crippen molar-refractivity contribution in [3.8, 4) is 5.69 Å². The van der Waals surface area contributed by atoms with Gasteiger partial charge in [0.2, 0.25) is 0 Å². The molecule has 0 radical (unpaired) electrons. The topological polar surface area (TPSA) is 73.4 Å². The van der Waals surface area contributed by atoms with Crippen LogP contribution in [0.25, 0.3) is 5.69 Å². The van der Waals surface area contributed by atoms with Crippen molar-refractivity contribution in [1.29, 1.82) is 0 Å². The Balaban J connectivity index is 2.25. The molecule has 1 aromatic carbocycles. The molecule has 2 aromatic rings. The summed E-state index contributed by atoms with van der Waals surface area (Å²) in [5, 5.41) is 5.30. The van der Waals surface area contributed by atoms with Crippen LogP contribution in [0.5, 0.6) is 0 Å². The van der Waals surface area contributed by atoms with E-state index in [1.54, 1.807) is 29.1 Å². The Morgan fingerprint density at radius 2 is 2.00 bits per heavy atom. The molecule has 6 nitrogen and oxygen atoms in total. The molecule has 6 heteroatoms. The van der Waals surface area contributed by atoms with E-state index in [2.05, 4.69) is 5.10 Å². The zero-order chi connectivity index (χ0) is 13.1. The van der Waals surface area contributed by atoms with E-state index >= 15 is 0 Å². The number of hydrogen-bond donors (Lipinski definition) is 1. The Bertz CT molecular complexity index is 547. The Morgan fingerprint density at radius 1 is 1.33 bits per heavy atom. The Kier molecular flexibility index (Phi) is 3.29. The van der Waals surface area contributed by atoms with Crippen molar-refractivity contribution in [1.82, 2.24) is 14.8 Å². The van der Waals surface area contributed by atoms with Crippen molar-refractivity contribution >= 4 is 11.6 Å². The lowest BCUT2D eigenvalue weighted by molar-refractivity contribution is -0.0760.